The Labute approximate surface area is 145 Å². The van der Waals surface area contributed by atoms with Crippen LogP contribution in [0.3, 0.4) is 0 Å². The zero-order valence-corrected chi connectivity index (χ0v) is 14.5. The summed E-state index contributed by atoms with van der Waals surface area (Å²) in [5, 5.41) is 11.6. The van der Waals surface area contributed by atoms with Gasteiger partial charge in [0.1, 0.15) is 12.1 Å². The number of benzene rings is 1. The Kier molecular flexibility index (Phi) is 4.89. The number of methoxy groups -OCH3 is 1. The first-order valence-electron chi connectivity index (χ1n) is 7.81. The highest BCUT2D eigenvalue weighted by atomic mass is 35.5. The van der Waals surface area contributed by atoms with Crippen molar-refractivity contribution in [2.24, 2.45) is 7.05 Å². The van der Waals surface area contributed by atoms with Gasteiger partial charge in [-0.05, 0) is 31.0 Å². The summed E-state index contributed by atoms with van der Waals surface area (Å²) in [5.41, 5.74) is 0.841. The van der Waals surface area contributed by atoms with E-state index in [0.29, 0.717) is 23.9 Å². The molecule has 1 atom stereocenters. The van der Waals surface area contributed by atoms with Crippen molar-refractivity contribution in [2.45, 2.75) is 25.4 Å². The molecule has 1 aromatic carbocycles. The number of ether oxygens (including phenoxy) is 1. The minimum absolute atomic E-state index is 0.0428. The molecule has 24 heavy (non-hydrogen) atoms. The van der Waals surface area contributed by atoms with Crippen molar-refractivity contribution in [2.75, 3.05) is 13.7 Å². The van der Waals surface area contributed by atoms with E-state index in [2.05, 4.69) is 15.5 Å². The third-order valence-corrected chi connectivity index (χ3v) is 4.47. The lowest BCUT2D eigenvalue weighted by Gasteiger charge is -2.24. The average molecular weight is 350 g/mol. The van der Waals surface area contributed by atoms with E-state index in [9.17, 15) is 4.79 Å². The van der Waals surface area contributed by atoms with Crippen LogP contribution < -0.4 is 10.1 Å². The van der Waals surface area contributed by atoms with Crippen LogP contribution in [-0.2, 0) is 13.6 Å². The van der Waals surface area contributed by atoms with Crippen molar-refractivity contribution in [3.8, 4) is 5.75 Å². The quantitative estimate of drug-likeness (QED) is 0.920. The third kappa shape index (κ3) is 3.31. The van der Waals surface area contributed by atoms with Crippen molar-refractivity contribution < 1.29 is 9.53 Å². The number of hydrogen-bond donors (Lipinski definition) is 1. The maximum atomic E-state index is 12.6. The fraction of sp³-hybridized carbons (Fsp3) is 0.438. The summed E-state index contributed by atoms with van der Waals surface area (Å²) >= 11 is 6.03. The topological polar surface area (TPSA) is 72.3 Å². The normalized spacial score (nSPS) is 17.1. The number of carbonyl (C=O) groups excluding carboxylic acids is 1. The molecule has 0 spiro atoms. The van der Waals surface area contributed by atoms with Crippen molar-refractivity contribution >= 4 is 17.6 Å². The minimum Gasteiger partial charge on any atom is -0.496 e. The van der Waals surface area contributed by atoms with Crippen LogP contribution in [0.1, 0.15) is 30.3 Å². The summed E-state index contributed by atoms with van der Waals surface area (Å²) < 4.78 is 7.17. The Balaban J connectivity index is 1.69. The maximum absolute atomic E-state index is 12.6. The second kappa shape index (κ2) is 7.09. The van der Waals surface area contributed by atoms with Crippen molar-refractivity contribution in [3.63, 3.8) is 0 Å². The van der Waals surface area contributed by atoms with Crippen LogP contribution in [-0.4, -0.2) is 39.4 Å². The second-order valence-electron chi connectivity index (χ2n) is 5.77. The van der Waals surface area contributed by atoms with E-state index in [0.717, 1.165) is 24.2 Å². The van der Waals surface area contributed by atoms with Crippen molar-refractivity contribution in [1.29, 1.82) is 0 Å². The second-order valence-corrected chi connectivity index (χ2v) is 6.20. The van der Waals surface area contributed by atoms with Gasteiger partial charge in [-0.25, -0.2) is 4.79 Å². The molecule has 0 radical (unpaired) electrons. The predicted molar refractivity (Wildman–Crippen MR) is 89.9 cm³/mol. The number of urea groups is 1. The van der Waals surface area contributed by atoms with Gasteiger partial charge in [-0.3, -0.25) is 0 Å². The molecule has 2 heterocycles. The summed E-state index contributed by atoms with van der Waals surface area (Å²) in [6, 6.07) is 5.18. The van der Waals surface area contributed by atoms with Crippen molar-refractivity contribution in [3.05, 3.63) is 40.9 Å². The molecule has 2 aromatic rings. The Hall–Kier alpha value is -2.28. The van der Waals surface area contributed by atoms with Gasteiger partial charge in [-0.15, -0.1) is 10.2 Å². The first kappa shape index (κ1) is 16.6. The number of aromatic nitrogens is 3. The zero-order valence-electron chi connectivity index (χ0n) is 13.7. The van der Waals surface area contributed by atoms with Crippen LogP contribution >= 0.6 is 11.6 Å². The molecular formula is C16H20ClN5O2. The number of nitrogens with one attached hydrogen (secondary N) is 1. The smallest absolute Gasteiger partial charge is 0.318 e. The first-order valence-corrected chi connectivity index (χ1v) is 8.18. The lowest BCUT2D eigenvalue weighted by atomic mass is 10.2. The van der Waals surface area contributed by atoms with E-state index in [-0.39, 0.29) is 12.1 Å². The van der Waals surface area contributed by atoms with Crippen LogP contribution in [0.2, 0.25) is 5.02 Å². The van der Waals surface area contributed by atoms with Crippen LogP contribution in [0.4, 0.5) is 4.79 Å². The molecule has 1 fully saturated rings. The molecule has 128 valence electrons. The SMILES string of the molecule is COc1ccc(Cl)cc1CNC(=O)N1CCCC1c1nncn1C. The Morgan fingerprint density at radius 3 is 3.04 bits per heavy atom. The van der Waals surface area contributed by atoms with E-state index < -0.39 is 0 Å². The average Bonchev–Trinajstić information content (AvgIpc) is 3.21. The van der Waals surface area contributed by atoms with Gasteiger partial charge in [-0.1, -0.05) is 11.6 Å². The molecule has 7 nitrogen and oxygen atoms in total. The van der Waals surface area contributed by atoms with E-state index in [1.54, 1.807) is 36.5 Å². The number of aryl methyl sites for hydroxylation is 1. The van der Waals surface area contributed by atoms with E-state index in [4.69, 9.17) is 16.3 Å². The molecule has 3 rings (SSSR count). The lowest BCUT2D eigenvalue weighted by Crippen LogP contribution is -2.39. The molecule has 1 aliphatic rings. The molecule has 1 aromatic heterocycles. The summed E-state index contributed by atoms with van der Waals surface area (Å²) in [6.07, 6.45) is 3.49. The van der Waals surface area contributed by atoms with Crippen LogP contribution in [0.15, 0.2) is 24.5 Å². The molecule has 1 saturated heterocycles. The van der Waals surface area contributed by atoms with Gasteiger partial charge in [0.15, 0.2) is 5.82 Å². The van der Waals surface area contributed by atoms with E-state index in [1.807, 2.05) is 11.6 Å². The summed E-state index contributed by atoms with van der Waals surface area (Å²) in [4.78, 5) is 14.4. The Bertz CT molecular complexity index is 733. The maximum Gasteiger partial charge on any atom is 0.318 e. The van der Waals surface area contributed by atoms with Crippen LogP contribution in [0.25, 0.3) is 0 Å². The molecule has 0 saturated carbocycles. The fourth-order valence-corrected chi connectivity index (χ4v) is 3.22. The zero-order chi connectivity index (χ0) is 17.1. The molecule has 1 aliphatic heterocycles. The standard InChI is InChI=1S/C16H20ClN5O2/c1-21-10-19-20-15(21)13-4-3-7-22(13)16(23)18-9-11-8-12(17)5-6-14(11)24-2/h5-6,8,10,13H,3-4,7,9H2,1-2H3,(H,18,23). The minimum atomic E-state index is -0.123. The lowest BCUT2D eigenvalue weighted by molar-refractivity contribution is 0.189. The number of halogens is 1. The Morgan fingerprint density at radius 1 is 1.50 bits per heavy atom. The number of carbonyl (C=O) groups is 1. The molecule has 8 heteroatoms. The van der Waals surface area contributed by atoms with Crippen LogP contribution in [0, 0.1) is 0 Å². The van der Waals surface area contributed by atoms with Crippen molar-refractivity contribution in [1.82, 2.24) is 25.0 Å². The van der Waals surface area contributed by atoms with Gasteiger partial charge in [0.25, 0.3) is 0 Å². The highest BCUT2D eigenvalue weighted by Gasteiger charge is 2.32. The van der Waals surface area contributed by atoms with Gasteiger partial charge in [-0.2, -0.15) is 0 Å². The van der Waals surface area contributed by atoms with Gasteiger partial charge in [0.05, 0.1) is 13.2 Å². The number of likely N-dealkylation sites (tertiary alicyclic amines) is 1. The molecule has 0 bridgehead atoms. The summed E-state index contributed by atoms with van der Waals surface area (Å²) in [7, 11) is 3.49. The Morgan fingerprint density at radius 2 is 2.33 bits per heavy atom. The van der Waals surface area contributed by atoms with Gasteiger partial charge in [0, 0.05) is 30.7 Å². The first-order chi connectivity index (χ1) is 11.6. The third-order valence-electron chi connectivity index (χ3n) is 4.23. The number of nitrogens with zero attached hydrogens (tertiary/aromatic N) is 4. The largest absolute Gasteiger partial charge is 0.496 e. The van der Waals surface area contributed by atoms with Gasteiger partial charge >= 0.3 is 6.03 Å². The predicted octanol–water partition coefficient (Wildman–Crippen LogP) is 2.52. The summed E-state index contributed by atoms with van der Waals surface area (Å²) in [6.45, 7) is 1.06. The molecular weight excluding hydrogens is 330 g/mol. The van der Waals surface area contributed by atoms with E-state index in [1.165, 1.54) is 0 Å². The summed E-state index contributed by atoms with van der Waals surface area (Å²) in [5.74, 6) is 1.51. The monoisotopic (exact) mass is 349 g/mol. The van der Waals surface area contributed by atoms with E-state index >= 15 is 0 Å². The molecule has 1 unspecified atom stereocenters. The highest BCUT2D eigenvalue weighted by molar-refractivity contribution is 6.30. The van der Waals surface area contributed by atoms with Gasteiger partial charge < -0.3 is 19.5 Å². The molecule has 1 N–H and O–H groups in total. The fourth-order valence-electron chi connectivity index (χ4n) is 3.03. The van der Waals surface area contributed by atoms with Crippen LogP contribution in [0.5, 0.6) is 5.75 Å². The molecule has 2 amide bonds. The number of hydrogen-bond acceptors (Lipinski definition) is 4. The number of amides is 2. The molecule has 0 aliphatic carbocycles. The number of rotatable bonds is 4. The van der Waals surface area contributed by atoms with Gasteiger partial charge in [0.2, 0.25) is 0 Å². The highest BCUT2D eigenvalue weighted by Crippen LogP contribution is 2.30.